The third kappa shape index (κ3) is 2.88. The summed E-state index contributed by atoms with van der Waals surface area (Å²) in [5.74, 6) is -0.218. The van der Waals surface area contributed by atoms with Gasteiger partial charge in [-0.15, -0.1) is 0 Å². The summed E-state index contributed by atoms with van der Waals surface area (Å²) in [6, 6.07) is 14.6. The number of hydrogen-bond donors (Lipinski definition) is 2. The second-order valence-electron chi connectivity index (χ2n) is 5.48. The molecule has 26 heavy (non-hydrogen) atoms. The minimum atomic E-state index is -0.262. The molecule has 128 valence electrons. The van der Waals surface area contributed by atoms with E-state index in [0.29, 0.717) is 28.0 Å². The molecule has 0 unspecified atom stereocenters. The summed E-state index contributed by atoms with van der Waals surface area (Å²) in [5, 5.41) is 7.56. The maximum atomic E-state index is 12.7. The van der Waals surface area contributed by atoms with Crippen molar-refractivity contribution in [1.82, 2.24) is 19.7 Å². The molecule has 0 aliphatic heterocycles. The van der Waals surface area contributed by atoms with Crippen LogP contribution >= 0.6 is 22.6 Å². The third-order valence-electron chi connectivity index (χ3n) is 3.87. The first-order chi connectivity index (χ1) is 12.6. The number of rotatable bonds is 3. The van der Waals surface area contributed by atoms with Crippen LogP contribution in [0.1, 0.15) is 10.4 Å². The fourth-order valence-electron chi connectivity index (χ4n) is 2.63. The van der Waals surface area contributed by atoms with Crippen LogP contribution in [0.3, 0.4) is 0 Å². The molecule has 0 saturated carbocycles. The van der Waals surface area contributed by atoms with Gasteiger partial charge in [-0.3, -0.25) is 9.59 Å². The van der Waals surface area contributed by atoms with E-state index in [1.165, 1.54) is 17.2 Å². The molecule has 7 nitrogen and oxygen atoms in total. The number of hydrogen-bond acceptors (Lipinski definition) is 4. The Balaban J connectivity index is 1.78. The number of carbonyl (C=O) groups is 1. The van der Waals surface area contributed by atoms with Crippen molar-refractivity contribution in [3.63, 3.8) is 0 Å². The molecule has 1 amide bonds. The average Bonchev–Trinajstić information content (AvgIpc) is 3.08. The molecule has 0 aliphatic rings. The number of amides is 1. The maximum absolute atomic E-state index is 12.7. The van der Waals surface area contributed by atoms with Crippen molar-refractivity contribution in [2.75, 3.05) is 5.32 Å². The second kappa shape index (κ2) is 6.71. The molecule has 0 aliphatic carbocycles. The molecule has 2 aromatic heterocycles. The van der Waals surface area contributed by atoms with Gasteiger partial charge in [0.2, 0.25) is 0 Å². The first-order valence-corrected chi connectivity index (χ1v) is 8.80. The van der Waals surface area contributed by atoms with Gasteiger partial charge in [-0.2, -0.15) is 5.10 Å². The number of aromatic amines is 1. The van der Waals surface area contributed by atoms with E-state index in [1.54, 1.807) is 18.2 Å². The van der Waals surface area contributed by atoms with Gasteiger partial charge >= 0.3 is 0 Å². The highest BCUT2D eigenvalue weighted by Crippen LogP contribution is 2.23. The highest BCUT2D eigenvalue weighted by Gasteiger charge is 2.15. The summed E-state index contributed by atoms with van der Waals surface area (Å²) in [6.45, 7) is 0. The molecule has 0 saturated heterocycles. The predicted octanol–water partition coefficient (Wildman–Crippen LogP) is 2.97. The number of halogens is 1. The smallest absolute Gasteiger partial charge is 0.261 e. The summed E-state index contributed by atoms with van der Waals surface area (Å²) in [7, 11) is 0. The van der Waals surface area contributed by atoms with Crippen LogP contribution in [0, 0.1) is 3.57 Å². The lowest BCUT2D eigenvalue weighted by Gasteiger charge is -2.12. The molecular weight excluding hydrogens is 445 g/mol. The van der Waals surface area contributed by atoms with Crippen molar-refractivity contribution < 1.29 is 4.79 Å². The number of fused-ring (bicyclic) bond motifs is 1. The lowest BCUT2D eigenvalue weighted by atomic mass is 10.2. The van der Waals surface area contributed by atoms with Gasteiger partial charge in [0.05, 0.1) is 29.5 Å². The minimum absolute atomic E-state index is 0.218. The molecule has 4 rings (SSSR count). The first kappa shape index (κ1) is 16.5. The molecule has 0 atom stereocenters. The molecule has 2 aromatic carbocycles. The van der Waals surface area contributed by atoms with Crippen molar-refractivity contribution in [3.8, 4) is 5.69 Å². The zero-order valence-corrected chi connectivity index (χ0v) is 15.5. The number of nitrogens with one attached hydrogen (secondary N) is 2. The van der Waals surface area contributed by atoms with Crippen molar-refractivity contribution >= 4 is 45.2 Å². The van der Waals surface area contributed by atoms with Crippen molar-refractivity contribution in [2.45, 2.75) is 0 Å². The Hall–Kier alpha value is -3.01. The number of para-hydroxylation sites is 2. The van der Waals surface area contributed by atoms with Gasteiger partial charge in [0.25, 0.3) is 11.5 Å². The first-order valence-electron chi connectivity index (χ1n) is 7.72. The largest absolute Gasteiger partial charge is 0.320 e. The average molecular weight is 457 g/mol. The van der Waals surface area contributed by atoms with E-state index in [2.05, 4.69) is 43.0 Å². The summed E-state index contributed by atoms with van der Waals surface area (Å²) < 4.78 is 2.40. The van der Waals surface area contributed by atoms with Crippen molar-refractivity contribution in [1.29, 1.82) is 0 Å². The number of aromatic nitrogens is 4. The fourth-order valence-corrected chi connectivity index (χ4v) is 3.26. The van der Waals surface area contributed by atoms with E-state index in [9.17, 15) is 9.59 Å². The molecule has 0 spiro atoms. The summed E-state index contributed by atoms with van der Waals surface area (Å²) in [6.07, 6.45) is 2.79. The lowest BCUT2D eigenvalue weighted by molar-refractivity contribution is 0.102. The van der Waals surface area contributed by atoms with Crippen LogP contribution in [-0.2, 0) is 0 Å². The summed E-state index contributed by atoms with van der Waals surface area (Å²) >= 11 is 2.13. The van der Waals surface area contributed by atoms with Crippen LogP contribution in [0.25, 0.3) is 16.7 Å². The molecule has 4 aromatic rings. The fraction of sp³-hybridized carbons (Fsp3) is 0. The summed E-state index contributed by atoms with van der Waals surface area (Å²) in [4.78, 5) is 31.3. The predicted molar refractivity (Wildman–Crippen MR) is 107 cm³/mol. The molecule has 0 fully saturated rings. The summed E-state index contributed by atoms with van der Waals surface area (Å²) in [5.41, 5.74) is 1.94. The molecular formula is C18H12IN5O2. The minimum Gasteiger partial charge on any atom is -0.320 e. The van der Waals surface area contributed by atoms with Crippen LogP contribution < -0.4 is 10.9 Å². The van der Waals surface area contributed by atoms with Gasteiger partial charge in [0.1, 0.15) is 5.39 Å². The second-order valence-corrected chi connectivity index (χ2v) is 6.64. The topological polar surface area (TPSA) is 92.7 Å². The highest BCUT2D eigenvalue weighted by atomic mass is 127. The van der Waals surface area contributed by atoms with Crippen LogP contribution in [0.5, 0.6) is 0 Å². The Morgan fingerprint density at radius 1 is 1.12 bits per heavy atom. The quantitative estimate of drug-likeness (QED) is 0.463. The van der Waals surface area contributed by atoms with E-state index in [-0.39, 0.29) is 11.5 Å². The Kier molecular flexibility index (Phi) is 4.25. The molecule has 8 heteroatoms. The van der Waals surface area contributed by atoms with Gasteiger partial charge in [0, 0.05) is 3.57 Å². The molecule has 2 heterocycles. The van der Waals surface area contributed by atoms with E-state index in [0.717, 1.165) is 3.57 Å². The van der Waals surface area contributed by atoms with Crippen LogP contribution in [0.15, 0.2) is 65.8 Å². The van der Waals surface area contributed by atoms with Crippen LogP contribution in [0.4, 0.5) is 5.69 Å². The van der Waals surface area contributed by atoms with E-state index in [4.69, 9.17) is 0 Å². The third-order valence-corrected chi connectivity index (χ3v) is 4.81. The Labute approximate surface area is 161 Å². The standard InChI is InChI=1S/C18H12IN5O2/c19-13-6-2-1-5-11(13)18(26)23-14-7-3-4-8-15(14)24-16-12(9-22-24)17(25)21-10-20-16/h1-10H,(H,23,26)(H,20,21,25). The Morgan fingerprint density at radius 3 is 2.73 bits per heavy atom. The zero-order valence-electron chi connectivity index (χ0n) is 13.3. The molecule has 2 N–H and O–H groups in total. The van der Waals surface area contributed by atoms with Crippen molar-refractivity contribution in [3.05, 3.63) is 80.5 Å². The van der Waals surface area contributed by atoms with Crippen molar-refractivity contribution in [2.24, 2.45) is 0 Å². The molecule has 0 bridgehead atoms. The number of carbonyl (C=O) groups excluding carboxylic acids is 1. The zero-order chi connectivity index (χ0) is 18.1. The van der Waals surface area contributed by atoms with Gasteiger partial charge < -0.3 is 10.3 Å². The van der Waals surface area contributed by atoms with Gasteiger partial charge in [0.15, 0.2) is 5.65 Å². The number of H-pyrrole nitrogens is 1. The van der Waals surface area contributed by atoms with Crippen LogP contribution in [-0.4, -0.2) is 25.7 Å². The normalized spacial score (nSPS) is 10.8. The van der Waals surface area contributed by atoms with Gasteiger partial charge in [-0.25, -0.2) is 9.67 Å². The SMILES string of the molecule is O=C(Nc1ccccc1-n1ncc2c(=O)[nH]cnc21)c1ccccc1I. The van der Waals surface area contributed by atoms with E-state index in [1.807, 2.05) is 30.3 Å². The maximum Gasteiger partial charge on any atom is 0.261 e. The number of nitrogens with zero attached hydrogens (tertiary/aromatic N) is 3. The van der Waals surface area contributed by atoms with Gasteiger partial charge in [-0.05, 0) is 46.9 Å². The number of benzene rings is 2. The van der Waals surface area contributed by atoms with Crippen LogP contribution in [0.2, 0.25) is 0 Å². The van der Waals surface area contributed by atoms with E-state index >= 15 is 0 Å². The number of anilines is 1. The monoisotopic (exact) mass is 457 g/mol. The van der Waals surface area contributed by atoms with E-state index < -0.39 is 0 Å². The highest BCUT2D eigenvalue weighted by molar-refractivity contribution is 14.1. The van der Waals surface area contributed by atoms with Gasteiger partial charge in [-0.1, -0.05) is 24.3 Å². The Morgan fingerprint density at radius 2 is 1.88 bits per heavy atom. The Bertz CT molecular complexity index is 1180. The molecule has 0 radical (unpaired) electrons. The lowest BCUT2D eigenvalue weighted by Crippen LogP contribution is -2.15.